The van der Waals surface area contributed by atoms with Gasteiger partial charge in [-0.2, -0.15) is 4.98 Å². The molecule has 1 amide bonds. The van der Waals surface area contributed by atoms with Crippen LogP contribution in [0.3, 0.4) is 0 Å². The number of benzene rings is 1. The Morgan fingerprint density at radius 2 is 2.08 bits per heavy atom. The Morgan fingerprint density at radius 1 is 1.32 bits per heavy atom. The van der Waals surface area contributed by atoms with Crippen LogP contribution in [0.5, 0.6) is 0 Å². The van der Waals surface area contributed by atoms with E-state index in [1.165, 1.54) is 16.9 Å². The van der Waals surface area contributed by atoms with Crippen LogP contribution in [-0.4, -0.2) is 15.9 Å². The number of aromatic nitrogens is 2. The number of anilines is 2. The zero-order valence-corrected chi connectivity index (χ0v) is 15.2. The maximum absolute atomic E-state index is 11.2. The Balaban J connectivity index is 1.77. The Labute approximate surface area is 154 Å². The van der Waals surface area contributed by atoms with Crippen molar-refractivity contribution < 1.29 is 4.79 Å². The fraction of sp³-hybridized carbons (Fsp3) is 0.278. The summed E-state index contributed by atoms with van der Waals surface area (Å²) < 4.78 is 0. The van der Waals surface area contributed by atoms with Crippen molar-refractivity contribution in [3.63, 3.8) is 0 Å². The fourth-order valence-electron chi connectivity index (χ4n) is 3.26. The van der Waals surface area contributed by atoms with Crippen molar-refractivity contribution in [2.45, 2.75) is 26.2 Å². The number of carbonyl (C=O) groups excluding carboxylic acids is 1. The number of hydrogen-bond donors (Lipinski definition) is 2. The van der Waals surface area contributed by atoms with Crippen LogP contribution in [0, 0.1) is 5.92 Å². The van der Waals surface area contributed by atoms with Crippen LogP contribution in [0.2, 0.25) is 5.28 Å². The number of hydrogen-bond acceptors (Lipinski definition) is 5. The summed E-state index contributed by atoms with van der Waals surface area (Å²) in [6.45, 7) is 2.28. The summed E-state index contributed by atoms with van der Waals surface area (Å²) in [5.74, 6) is 0.968. The van der Waals surface area contributed by atoms with Crippen molar-refractivity contribution in [3.05, 3.63) is 45.6 Å². The Kier molecular flexibility index (Phi) is 4.09. The molecule has 2 heterocycles. The van der Waals surface area contributed by atoms with Crippen LogP contribution >= 0.6 is 22.9 Å². The maximum atomic E-state index is 11.2. The van der Waals surface area contributed by atoms with E-state index in [9.17, 15) is 4.79 Å². The van der Waals surface area contributed by atoms with Gasteiger partial charge in [0, 0.05) is 16.1 Å². The maximum Gasteiger partial charge on any atom is 0.248 e. The molecule has 2 aromatic heterocycles. The Bertz CT molecular complexity index is 967. The highest BCUT2D eigenvalue weighted by molar-refractivity contribution is 7.19. The van der Waals surface area contributed by atoms with E-state index in [4.69, 9.17) is 17.3 Å². The van der Waals surface area contributed by atoms with Gasteiger partial charge in [-0.15, -0.1) is 11.3 Å². The predicted molar refractivity (Wildman–Crippen MR) is 102 cm³/mol. The number of nitrogens with one attached hydrogen (secondary N) is 1. The van der Waals surface area contributed by atoms with Gasteiger partial charge in [0.25, 0.3) is 0 Å². The molecule has 128 valence electrons. The van der Waals surface area contributed by atoms with Gasteiger partial charge in [-0.25, -0.2) is 4.98 Å². The molecule has 1 atom stereocenters. The molecule has 25 heavy (non-hydrogen) atoms. The lowest BCUT2D eigenvalue weighted by atomic mass is 9.89. The molecule has 7 heteroatoms. The second kappa shape index (κ2) is 6.28. The Hall–Kier alpha value is -2.18. The highest BCUT2D eigenvalue weighted by atomic mass is 35.5. The summed E-state index contributed by atoms with van der Waals surface area (Å²) in [4.78, 5) is 22.3. The van der Waals surface area contributed by atoms with Gasteiger partial charge in [0.2, 0.25) is 11.2 Å². The second-order valence-corrected chi connectivity index (χ2v) is 7.86. The summed E-state index contributed by atoms with van der Waals surface area (Å²) in [5.41, 5.74) is 7.92. The molecule has 0 saturated heterocycles. The quantitative estimate of drug-likeness (QED) is 0.671. The molecule has 1 unspecified atom stereocenters. The van der Waals surface area contributed by atoms with Gasteiger partial charge >= 0.3 is 0 Å². The Morgan fingerprint density at radius 3 is 2.80 bits per heavy atom. The molecule has 3 N–H and O–H groups in total. The molecule has 4 rings (SSSR count). The van der Waals surface area contributed by atoms with Crippen molar-refractivity contribution in [1.29, 1.82) is 0 Å². The first kappa shape index (κ1) is 16.3. The number of aryl methyl sites for hydroxylation is 1. The van der Waals surface area contributed by atoms with Crippen LogP contribution in [-0.2, 0) is 12.8 Å². The third kappa shape index (κ3) is 3.07. The van der Waals surface area contributed by atoms with E-state index in [2.05, 4.69) is 22.2 Å². The van der Waals surface area contributed by atoms with Gasteiger partial charge in [-0.3, -0.25) is 4.79 Å². The van der Waals surface area contributed by atoms with Gasteiger partial charge in [0.1, 0.15) is 10.6 Å². The molecule has 5 nitrogen and oxygen atoms in total. The molecule has 0 fully saturated rings. The predicted octanol–water partition coefficient (Wildman–Crippen LogP) is 4.31. The number of fused-ring (bicyclic) bond motifs is 3. The average molecular weight is 373 g/mol. The van der Waals surface area contributed by atoms with Gasteiger partial charge in [-0.05, 0) is 66.6 Å². The minimum absolute atomic E-state index is 0.232. The zero-order valence-electron chi connectivity index (χ0n) is 13.7. The van der Waals surface area contributed by atoms with Gasteiger partial charge in [-0.1, -0.05) is 6.92 Å². The normalized spacial score (nSPS) is 16.6. The first-order chi connectivity index (χ1) is 12.0. The van der Waals surface area contributed by atoms with E-state index in [1.54, 1.807) is 23.5 Å². The zero-order chi connectivity index (χ0) is 17.6. The van der Waals surface area contributed by atoms with Gasteiger partial charge in [0.05, 0.1) is 5.39 Å². The SMILES string of the molecule is CC1CCc2c(sc3nc(Cl)nc(Nc4ccc(C(N)=O)cc4)c23)C1. The van der Waals surface area contributed by atoms with Gasteiger partial charge in [0.15, 0.2) is 0 Å². The molecule has 1 aliphatic rings. The number of carbonyl (C=O) groups is 1. The average Bonchev–Trinajstić information content (AvgIpc) is 2.92. The van der Waals surface area contributed by atoms with Crippen molar-refractivity contribution in [2.75, 3.05) is 5.32 Å². The molecule has 0 spiro atoms. The third-order valence-electron chi connectivity index (χ3n) is 4.56. The molecular formula is C18H17ClN4OS. The molecule has 0 aliphatic heterocycles. The van der Waals surface area contributed by atoms with Crippen molar-refractivity contribution >= 4 is 50.6 Å². The first-order valence-corrected chi connectivity index (χ1v) is 9.35. The lowest BCUT2D eigenvalue weighted by Gasteiger charge is -2.18. The van der Waals surface area contributed by atoms with E-state index in [0.717, 1.165) is 28.7 Å². The second-order valence-electron chi connectivity index (χ2n) is 6.44. The standard InChI is InChI=1S/C18H17ClN4OS/c1-9-2-7-12-13(8-9)25-17-14(12)16(22-18(19)23-17)21-11-5-3-10(4-6-11)15(20)24/h3-6,9H,2,7-8H2,1H3,(H2,20,24)(H,21,22,23). The van der Waals surface area contributed by atoms with E-state index in [1.807, 2.05) is 12.1 Å². The van der Waals surface area contributed by atoms with E-state index >= 15 is 0 Å². The number of primary amides is 1. The van der Waals surface area contributed by atoms with Crippen LogP contribution < -0.4 is 11.1 Å². The van der Waals surface area contributed by atoms with Gasteiger partial charge < -0.3 is 11.1 Å². The summed E-state index contributed by atoms with van der Waals surface area (Å²) >= 11 is 7.84. The first-order valence-electron chi connectivity index (χ1n) is 8.16. The number of amides is 1. The number of rotatable bonds is 3. The van der Waals surface area contributed by atoms with Crippen molar-refractivity contribution in [3.8, 4) is 0 Å². The largest absolute Gasteiger partial charge is 0.366 e. The third-order valence-corrected chi connectivity index (χ3v) is 5.88. The minimum Gasteiger partial charge on any atom is -0.366 e. The minimum atomic E-state index is -0.444. The molecule has 1 aromatic carbocycles. The fourth-order valence-corrected chi connectivity index (χ4v) is 4.86. The summed E-state index contributed by atoms with van der Waals surface area (Å²) in [6, 6.07) is 7.00. The number of nitrogens with two attached hydrogens (primary N) is 1. The van der Waals surface area contributed by atoms with E-state index in [0.29, 0.717) is 17.3 Å². The smallest absolute Gasteiger partial charge is 0.248 e. The molecule has 0 radical (unpaired) electrons. The monoisotopic (exact) mass is 372 g/mol. The summed E-state index contributed by atoms with van der Waals surface area (Å²) in [6.07, 6.45) is 3.30. The lowest BCUT2D eigenvalue weighted by Crippen LogP contribution is -2.10. The molecule has 3 aromatic rings. The lowest BCUT2D eigenvalue weighted by molar-refractivity contribution is 0.100. The van der Waals surface area contributed by atoms with E-state index < -0.39 is 5.91 Å². The van der Waals surface area contributed by atoms with Crippen molar-refractivity contribution in [2.24, 2.45) is 11.7 Å². The number of thiophene rings is 1. The molecular weight excluding hydrogens is 356 g/mol. The summed E-state index contributed by atoms with van der Waals surface area (Å²) in [7, 11) is 0. The van der Waals surface area contributed by atoms with Crippen LogP contribution in [0.1, 0.15) is 34.1 Å². The topological polar surface area (TPSA) is 80.9 Å². The van der Waals surface area contributed by atoms with Crippen LogP contribution in [0.15, 0.2) is 24.3 Å². The van der Waals surface area contributed by atoms with Crippen molar-refractivity contribution in [1.82, 2.24) is 9.97 Å². The summed E-state index contributed by atoms with van der Waals surface area (Å²) in [5, 5.41) is 4.62. The number of nitrogens with zero attached hydrogens (tertiary/aromatic N) is 2. The molecule has 0 saturated carbocycles. The molecule has 1 aliphatic carbocycles. The highest BCUT2D eigenvalue weighted by Crippen LogP contribution is 2.41. The molecule has 0 bridgehead atoms. The highest BCUT2D eigenvalue weighted by Gasteiger charge is 2.23. The number of halogens is 1. The van der Waals surface area contributed by atoms with Crippen LogP contribution in [0.25, 0.3) is 10.2 Å². The van der Waals surface area contributed by atoms with E-state index in [-0.39, 0.29) is 5.28 Å². The van der Waals surface area contributed by atoms with Crippen LogP contribution in [0.4, 0.5) is 11.5 Å².